The predicted molar refractivity (Wildman–Crippen MR) is 112 cm³/mol. The second kappa shape index (κ2) is 9.41. The van der Waals surface area contributed by atoms with Gasteiger partial charge in [0.15, 0.2) is 6.61 Å². The summed E-state index contributed by atoms with van der Waals surface area (Å²) in [6.07, 6.45) is 0. The molecule has 6 nitrogen and oxygen atoms in total. The molecular formula is C20H25ClN2O4S. The minimum Gasteiger partial charge on any atom is -0.482 e. The second-order valence-corrected chi connectivity index (χ2v) is 8.63. The lowest BCUT2D eigenvalue weighted by Gasteiger charge is -2.20. The first-order chi connectivity index (χ1) is 13.2. The average Bonchev–Trinajstić information content (AvgIpc) is 2.64. The highest BCUT2D eigenvalue weighted by atomic mass is 35.5. The maximum Gasteiger partial charge on any atom is 0.262 e. The minimum atomic E-state index is -3.78. The van der Waals surface area contributed by atoms with Gasteiger partial charge in [-0.3, -0.25) is 4.79 Å². The quantitative estimate of drug-likeness (QED) is 0.694. The number of halogens is 1. The highest BCUT2D eigenvalue weighted by molar-refractivity contribution is 7.89. The standard InChI is InChI=1S/C20H25ClN2O4S/c1-5-23(6-2)28(25,26)18-12-16(21)10-11-17(18)27-13-19(24)22-20-14(3)8-7-9-15(20)4/h7-12H,5-6,13H2,1-4H3,(H,22,24). The topological polar surface area (TPSA) is 75.7 Å². The monoisotopic (exact) mass is 424 g/mol. The van der Waals surface area contributed by atoms with Crippen molar-refractivity contribution in [1.82, 2.24) is 4.31 Å². The average molecular weight is 425 g/mol. The van der Waals surface area contributed by atoms with Crippen molar-refractivity contribution in [3.8, 4) is 5.75 Å². The Hall–Kier alpha value is -2.09. The molecule has 152 valence electrons. The Morgan fingerprint density at radius 2 is 1.71 bits per heavy atom. The highest BCUT2D eigenvalue weighted by Gasteiger charge is 2.26. The van der Waals surface area contributed by atoms with Crippen LogP contribution in [0.5, 0.6) is 5.75 Å². The summed E-state index contributed by atoms with van der Waals surface area (Å²) >= 11 is 6.00. The van der Waals surface area contributed by atoms with Crippen LogP contribution in [-0.2, 0) is 14.8 Å². The maximum absolute atomic E-state index is 12.9. The third-order valence-electron chi connectivity index (χ3n) is 4.33. The fourth-order valence-corrected chi connectivity index (χ4v) is 4.69. The van der Waals surface area contributed by atoms with Crippen molar-refractivity contribution in [2.24, 2.45) is 0 Å². The van der Waals surface area contributed by atoms with Crippen molar-refractivity contribution >= 4 is 33.2 Å². The van der Waals surface area contributed by atoms with E-state index in [1.54, 1.807) is 13.8 Å². The summed E-state index contributed by atoms with van der Waals surface area (Å²) in [6, 6.07) is 10.0. The van der Waals surface area contributed by atoms with Gasteiger partial charge in [0.2, 0.25) is 10.0 Å². The molecule has 1 N–H and O–H groups in total. The van der Waals surface area contributed by atoms with Crippen molar-refractivity contribution in [1.29, 1.82) is 0 Å². The number of nitrogens with zero attached hydrogens (tertiary/aromatic N) is 1. The van der Waals surface area contributed by atoms with Crippen LogP contribution in [0.3, 0.4) is 0 Å². The lowest BCUT2D eigenvalue weighted by Crippen LogP contribution is -2.31. The van der Waals surface area contributed by atoms with Gasteiger partial charge in [-0.2, -0.15) is 4.31 Å². The number of carbonyl (C=O) groups is 1. The molecule has 0 aliphatic heterocycles. The van der Waals surface area contributed by atoms with E-state index in [0.717, 1.165) is 16.8 Å². The molecule has 0 fully saturated rings. The molecule has 1 amide bonds. The van der Waals surface area contributed by atoms with Gasteiger partial charge < -0.3 is 10.1 Å². The third-order valence-corrected chi connectivity index (χ3v) is 6.64. The summed E-state index contributed by atoms with van der Waals surface area (Å²) in [5.41, 5.74) is 2.59. The first kappa shape index (κ1) is 22.2. The first-order valence-electron chi connectivity index (χ1n) is 8.99. The Morgan fingerprint density at radius 1 is 1.11 bits per heavy atom. The number of amides is 1. The van der Waals surface area contributed by atoms with Crippen LogP contribution >= 0.6 is 11.6 Å². The van der Waals surface area contributed by atoms with Gasteiger partial charge in [-0.05, 0) is 43.2 Å². The van der Waals surface area contributed by atoms with Crippen LogP contribution in [0.2, 0.25) is 5.02 Å². The molecule has 28 heavy (non-hydrogen) atoms. The van der Waals surface area contributed by atoms with E-state index < -0.39 is 10.0 Å². The van der Waals surface area contributed by atoms with Crippen LogP contribution in [0.25, 0.3) is 0 Å². The number of para-hydroxylation sites is 1. The smallest absolute Gasteiger partial charge is 0.262 e. The fourth-order valence-electron chi connectivity index (χ4n) is 2.84. The Labute approximate surface area is 171 Å². The number of ether oxygens (including phenoxy) is 1. The van der Waals surface area contributed by atoms with Gasteiger partial charge in [0.05, 0.1) is 0 Å². The van der Waals surface area contributed by atoms with Crippen LogP contribution in [0, 0.1) is 13.8 Å². The van der Waals surface area contributed by atoms with Crippen LogP contribution < -0.4 is 10.1 Å². The Kier molecular flexibility index (Phi) is 7.46. The predicted octanol–water partition coefficient (Wildman–Crippen LogP) is 4.00. The number of benzene rings is 2. The van der Waals surface area contributed by atoms with Gasteiger partial charge in [-0.1, -0.05) is 43.6 Å². The molecule has 0 radical (unpaired) electrons. The number of rotatable bonds is 8. The lowest BCUT2D eigenvalue weighted by molar-refractivity contribution is -0.118. The summed E-state index contributed by atoms with van der Waals surface area (Å²) in [5.74, 6) is -0.286. The van der Waals surface area contributed by atoms with E-state index in [1.807, 2.05) is 32.0 Å². The molecule has 2 aromatic carbocycles. The first-order valence-corrected chi connectivity index (χ1v) is 10.8. The molecule has 0 atom stereocenters. The number of anilines is 1. The molecule has 2 aromatic rings. The number of hydrogen-bond acceptors (Lipinski definition) is 4. The Bertz CT molecular complexity index is 936. The van der Waals surface area contributed by atoms with Gasteiger partial charge in [0.1, 0.15) is 10.6 Å². The molecule has 8 heteroatoms. The molecule has 0 aliphatic carbocycles. The SMILES string of the molecule is CCN(CC)S(=O)(=O)c1cc(Cl)ccc1OCC(=O)Nc1c(C)cccc1C. The zero-order valence-electron chi connectivity index (χ0n) is 16.5. The van der Waals surface area contributed by atoms with Gasteiger partial charge in [-0.15, -0.1) is 0 Å². The molecule has 0 aromatic heterocycles. The molecule has 0 unspecified atom stereocenters. The van der Waals surface area contributed by atoms with Crippen LogP contribution in [0.15, 0.2) is 41.3 Å². The number of sulfonamides is 1. The van der Waals surface area contributed by atoms with Crippen LogP contribution in [-0.4, -0.2) is 38.3 Å². The van der Waals surface area contributed by atoms with Gasteiger partial charge in [0.25, 0.3) is 5.91 Å². The van der Waals surface area contributed by atoms with E-state index in [1.165, 1.54) is 22.5 Å². The van der Waals surface area contributed by atoms with E-state index in [-0.39, 0.29) is 28.2 Å². The Morgan fingerprint density at radius 3 is 2.29 bits per heavy atom. The molecular weight excluding hydrogens is 400 g/mol. The maximum atomic E-state index is 12.9. The van der Waals surface area contributed by atoms with Crippen molar-refractivity contribution in [3.05, 3.63) is 52.5 Å². The Balaban J connectivity index is 2.22. The zero-order chi connectivity index (χ0) is 20.9. The molecule has 0 spiro atoms. The van der Waals surface area contributed by atoms with E-state index >= 15 is 0 Å². The molecule has 0 aliphatic rings. The van der Waals surface area contributed by atoms with Gasteiger partial charge >= 0.3 is 0 Å². The lowest BCUT2D eigenvalue weighted by atomic mass is 10.1. The van der Waals surface area contributed by atoms with Gasteiger partial charge in [-0.25, -0.2) is 8.42 Å². The second-order valence-electron chi connectivity index (χ2n) is 6.28. The number of hydrogen-bond donors (Lipinski definition) is 1. The molecule has 0 saturated carbocycles. The molecule has 0 bridgehead atoms. The van der Waals surface area contributed by atoms with E-state index in [0.29, 0.717) is 13.1 Å². The van der Waals surface area contributed by atoms with Crippen molar-refractivity contribution in [2.45, 2.75) is 32.6 Å². The minimum absolute atomic E-state index is 0.0522. The zero-order valence-corrected chi connectivity index (χ0v) is 18.0. The summed E-state index contributed by atoms with van der Waals surface area (Å²) < 4.78 is 32.6. The van der Waals surface area contributed by atoms with E-state index in [9.17, 15) is 13.2 Å². The van der Waals surface area contributed by atoms with Gasteiger partial charge in [0, 0.05) is 23.8 Å². The fraction of sp³-hybridized carbons (Fsp3) is 0.350. The van der Waals surface area contributed by atoms with Crippen LogP contribution in [0.1, 0.15) is 25.0 Å². The number of carbonyl (C=O) groups excluding carboxylic acids is 1. The molecule has 0 saturated heterocycles. The summed E-state index contributed by atoms with van der Waals surface area (Å²) in [6.45, 7) is 7.62. The summed E-state index contributed by atoms with van der Waals surface area (Å²) in [5, 5.41) is 3.09. The molecule has 2 rings (SSSR count). The highest BCUT2D eigenvalue weighted by Crippen LogP contribution is 2.30. The number of aryl methyl sites for hydroxylation is 2. The number of nitrogens with one attached hydrogen (secondary N) is 1. The summed E-state index contributed by atoms with van der Waals surface area (Å²) in [4.78, 5) is 12.3. The van der Waals surface area contributed by atoms with Crippen molar-refractivity contribution in [2.75, 3.05) is 25.0 Å². The summed E-state index contributed by atoms with van der Waals surface area (Å²) in [7, 11) is -3.78. The van der Waals surface area contributed by atoms with E-state index in [2.05, 4.69) is 5.32 Å². The van der Waals surface area contributed by atoms with E-state index in [4.69, 9.17) is 16.3 Å². The van der Waals surface area contributed by atoms with Crippen molar-refractivity contribution in [3.63, 3.8) is 0 Å². The third kappa shape index (κ3) is 5.04. The molecule has 0 heterocycles. The largest absolute Gasteiger partial charge is 0.482 e. The van der Waals surface area contributed by atoms with Crippen molar-refractivity contribution < 1.29 is 17.9 Å². The normalized spacial score (nSPS) is 11.5. The van der Waals surface area contributed by atoms with Crippen LogP contribution in [0.4, 0.5) is 5.69 Å².